The minimum atomic E-state index is -0.440. The molecule has 0 fully saturated rings. The van der Waals surface area contributed by atoms with Gasteiger partial charge in [0.25, 0.3) is 0 Å². The summed E-state index contributed by atoms with van der Waals surface area (Å²) in [5.74, 6) is 0.0595. The van der Waals surface area contributed by atoms with E-state index in [2.05, 4.69) is 4.74 Å². The smallest absolute Gasteiger partial charge is 0.333 e. The van der Waals surface area contributed by atoms with Gasteiger partial charge >= 0.3 is 5.97 Å². The minimum absolute atomic E-state index is 0.343. The predicted molar refractivity (Wildman–Crippen MR) is 57.9 cm³/mol. The largest absolute Gasteiger partial charge is 0.463 e. The van der Waals surface area contributed by atoms with Crippen LogP contribution in [0.5, 0.6) is 5.75 Å². The Morgan fingerprint density at radius 2 is 2.20 bits per heavy atom. The van der Waals surface area contributed by atoms with Gasteiger partial charge in [0, 0.05) is 0 Å². The molecule has 0 bridgehead atoms. The van der Waals surface area contributed by atoms with Crippen molar-refractivity contribution in [1.82, 2.24) is 0 Å². The van der Waals surface area contributed by atoms with Crippen LogP contribution in [0.2, 0.25) is 5.02 Å². The third kappa shape index (κ3) is 4.04. The third-order valence-corrected chi connectivity index (χ3v) is 1.83. The van der Waals surface area contributed by atoms with Gasteiger partial charge in [-0.25, -0.2) is 4.79 Å². The summed E-state index contributed by atoms with van der Waals surface area (Å²) in [6.45, 7) is 2.08. The fraction of sp³-hybridized carbons (Fsp3) is 0.182. The molecule has 1 rings (SSSR count). The number of halogens is 1. The number of carbonyl (C=O) groups excluding carboxylic acids is 1. The normalized spacial score (nSPS) is 10.3. The van der Waals surface area contributed by atoms with E-state index in [0.717, 1.165) is 0 Å². The molecule has 0 aliphatic heterocycles. The van der Waals surface area contributed by atoms with Gasteiger partial charge in [-0.2, -0.15) is 0 Å². The molecule has 0 unspecified atom stereocenters. The fourth-order valence-corrected chi connectivity index (χ4v) is 1.07. The molecule has 0 N–H and O–H groups in total. The second kappa shape index (κ2) is 6.09. The monoisotopic (exact) mass is 226 g/mol. The van der Waals surface area contributed by atoms with Crippen molar-refractivity contribution in [3.63, 3.8) is 0 Å². The van der Waals surface area contributed by atoms with Crippen LogP contribution in [0, 0.1) is 0 Å². The molecular weight excluding hydrogens is 216 g/mol. The van der Waals surface area contributed by atoms with Crippen molar-refractivity contribution in [2.24, 2.45) is 0 Å². The number of hydrogen-bond donors (Lipinski definition) is 0. The van der Waals surface area contributed by atoms with Crippen LogP contribution in [0.25, 0.3) is 0 Å². The van der Waals surface area contributed by atoms with Gasteiger partial charge in [0.1, 0.15) is 5.75 Å². The van der Waals surface area contributed by atoms with Crippen molar-refractivity contribution in [2.75, 3.05) is 6.61 Å². The van der Waals surface area contributed by atoms with Crippen LogP contribution in [0.3, 0.4) is 0 Å². The Kier molecular flexibility index (Phi) is 4.71. The summed E-state index contributed by atoms with van der Waals surface area (Å²) in [7, 11) is 0. The Bertz CT molecular complexity index is 361. The zero-order valence-electron chi connectivity index (χ0n) is 8.27. The topological polar surface area (TPSA) is 35.5 Å². The summed E-state index contributed by atoms with van der Waals surface area (Å²) in [4.78, 5) is 10.9. The second-order valence-corrected chi connectivity index (χ2v) is 3.01. The zero-order valence-corrected chi connectivity index (χ0v) is 9.03. The van der Waals surface area contributed by atoms with Gasteiger partial charge in [0.15, 0.2) is 0 Å². The first-order valence-electron chi connectivity index (χ1n) is 4.48. The predicted octanol–water partition coefficient (Wildman–Crippen LogP) is 2.80. The highest BCUT2D eigenvalue weighted by Gasteiger charge is 1.98. The average Bonchev–Trinajstić information content (AvgIpc) is 2.21. The lowest BCUT2D eigenvalue weighted by molar-refractivity contribution is -0.137. The van der Waals surface area contributed by atoms with E-state index >= 15 is 0 Å². The van der Waals surface area contributed by atoms with Gasteiger partial charge in [-0.05, 0) is 19.1 Å². The Morgan fingerprint density at radius 1 is 1.47 bits per heavy atom. The number of hydrogen-bond acceptors (Lipinski definition) is 3. The lowest BCUT2D eigenvalue weighted by atomic mass is 10.3. The van der Waals surface area contributed by atoms with Crippen molar-refractivity contribution in [1.29, 1.82) is 0 Å². The van der Waals surface area contributed by atoms with E-state index in [9.17, 15) is 4.79 Å². The number of rotatable bonds is 4. The van der Waals surface area contributed by atoms with Crippen molar-refractivity contribution in [2.45, 2.75) is 6.92 Å². The van der Waals surface area contributed by atoms with Gasteiger partial charge < -0.3 is 9.47 Å². The molecule has 0 saturated heterocycles. The van der Waals surface area contributed by atoms with Gasteiger partial charge in [-0.1, -0.05) is 23.7 Å². The molecule has 1 aromatic carbocycles. The molecule has 15 heavy (non-hydrogen) atoms. The summed E-state index contributed by atoms with van der Waals surface area (Å²) in [6, 6.07) is 7.00. The number of para-hydroxylation sites is 1. The van der Waals surface area contributed by atoms with Crippen LogP contribution in [0.1, 0.15) is 6.92 Å². The van der Waals surface area contributed by atoms with E-state index in [0.29, 0.717) is 17.4 Å². The van der Waals surface area contributed by atoms with E-state index in [1.165, 1.54) is 12.3 Å². The van der Waals surface area contributed by atoms with Crippen molar-refractivity contribution in [3.8, 4) is 5.75 Å². The van der Waals surface area contributed by atoms with Crippen molar-refractivity contribution < 1.29 is 14.3 Å². The van der Waals surface area contributed by atoms with Crippen LogP contribution < -0.4 is 4.74 Å². The molecule has 0 heterocycles. The Balaban J connectivity index is 2.50. The van der Waals surface area contributed by atoms with Crippen LogP contribution in [0.4, 0.5) is 0 Å². The van der Waals surface area contributed by atoms with Crippen molar-refractivity contribution >= 4 is 17.6 Å². The molecule has 0 aliphatic rings. The van der Waals surface area contributed by atoms with Gasteiger partial charge in [-0.15, -0.1) is 0 Å². The molecule has 1 aromatic rings. The Hall–Kier alpha value is -1.48. The highest BCUT2D eigenvalue weighted by Crippen LogP contribution is 2.23. The standard InChI is InChI=1S/C11H11ClO3/c1-2-14-11(13)7-8-15-10-6-4-3-5-9(10)12/h3-8H,2H2,1H3/b8-7+. The first-order valence-corrected chi connectivity index (χ1v) is 4.86. The van der Waals surface area contributed by atoms with E-state index in [4.69, 9.17) is 16.3 Å². The number of ether oxygens (including phenoxy) is 2. The molecular formula is C11H11ClO3. The van der Waals surface area contributed by atoms with Crippen molar-refractivity contribution in [3.05, 3.63) is 41.6 Å². The second-order valence-electron chi connectivity index (χ2n) is 2.60. The molecule has 0 aliphatic carbocycles. The van der Waals surface area contributed by atoms with E-state index < -0.39 is 5.97 Å². The maximum atomic E-state index is 10.9. The molecule has 0 atom stereocenters. The molecule has 0 amide bonds. The first-order chi connectivity index (χ1) is 7.24. The molecule has 80 valence electrons. The van der Waals surface area contributed by atoms with E-state index in [-0.39, 0.29) is 0 Å². The van der Waals surface area contributed by atoms with Gasteiger partial charge in [-0.3, -0.25) is 0 Å². The summed E-state index contributed by atoms with van der Waals surface area (Å²) in [5, 5.41) is 0.492. The Labute approximate surface area is 93.3 Å². The summed E-state index contributed by atoms with van der Waals surface area (Å²) in [5.41, 5.74) is 0. The van der Waals surface area contributed by atoms with Crippen LogP contribution in [-0.2, 0) is 9.53 Å². The SMILES string of the molecule is CCOC(=O)/C=C/Oc1ccccc1Cl. The quantitative estimate of drug-likeness (QED) is 0.450. The maximum Gasteiger partial charge on any atom is 0.333 e. The third-order valence-electron chi connectivity index (χ3n) is 1.52. The highest BCUT2D eigenvalue weighted by atomic mass is 35.5. The zero-order chi connectivity index (χ0) is 11.1. The van der Waals surface area contributed by atoms with E-state index in [1.807, 2.05) is 0 Å². The summed E-state index contributed by atoms with van der Waals surface area (Å²) >= 11 is 5.83. The number of benzene rings is 1. The molecule has 3 nitrogen and oxygen atoms in total. The van der Waals surface area contributed by atoms with E-state index in [1.54, 1.807) is 31.2 Å². The van der Waals surface area contributed by atoms with Gasteiger partial charge in [0.05, 0.1) is 24.0 Å². The lowest BCUT2D eigenvalue weighted by Crippen LogP contribution is -1.99. The average molecular weight is 227 g/mol. The van der Waals surface area contributed by atoms with Gasteiger partial charge in [0.2, 0.25) is 0 Å². The first kappa shape index (κ1) is 11.6. The molecule has 4 heteroatoms. The Morgan fingerprint density at radius 3 is 2.87 bits per heavy atom. The summed E-state index contributed by atoms with van der Waals surface area (Å²) < 4.78 is 9.81. The maximum absolute atomic E-state index is 10.9. The molecule has 0 saturated carbocycles. The van der Waals surface area contributed by atoms with Crippen LogP contribution in [0.15, 0.2) is 36.6 Å². The molecule has 0 spiro atoms. The highest BCUT2D eigenvalue weighted by molar-refractivity contribution is 6.32. The molecule has 0 aromatic heterocycles. The number of esters is 1. The lowest BCUT2D eigenvalue weighted by Gasteiger charge is -2.01. The minimum Gasteiger partial charge on any atom is -0.463 e. The number of carbonyl (C=O) groups is 1. The van der Waals surface area contributed by atoms with Crippen LogP contribution in [-0.4, -0.2) is 12.6 Å². The summed E-state index contributed by atoms with van der Waals surface area (Å²) in [6.07, 6.45) is 2.45. The fourth-order valence-electron chi connectivity index (χ4n) is 0.894. The van der Waals surface area contributed by atoms with Crippen LogP contribution >= 0.6 is 11.6 Å². The molecule has 0 radical (unpaired) electrons.